The summed E-state index contributed by atoms with van der Waals surface area (Å²) in [7, 11) is 0. The van der Waals surface area contributed by atoms with Crippen molar-refractivity contribution in [1.82, 2.24) is 0 Å². The lowest BCUT2D eigenvalue weighted by atomic mass is 10.2. The number of hydrogen-bond acceptors (Lipinski definition) is 3. The van der Waals surface area contributed by atoms with Gasteiger partial charge < -0.3 is 21.7 Å². The largest absolute Gasteiger partial charge is 0.330 e. The van der Waals surface area contributed by atoms with Crippen LogP contribution in [0, 0.1) is 0 Å². The lowest BCUT2D eigenvalue weighted by molar-refractivity contribution is -0.116. The smallest absolute Gasteiger partial charge is 0.323 e. The highest BCUT2D eigenvalue weighted by Crippen LogP contribution is 2.21. The Bertz CT molecular complexity index is 659. The first-order valence-corrected chi connectivity index (χ1v) is 7.41. The van der Waals surface area contributed by atoms with Gasteiger partial charge in [-0.25, -0.2) is 4.79 Å². The molecule has 0 spiro atoms. The van der Waals surface area contributed by atoms with E-state index in [1.54, 1.807) is 36.4 Å². The monoisotopic (exact) mass is 312 g/mol. The summed E-state index contributed by atoms with van der Waals surface area (Å²) in [6.45, 7) is 0.465. The number of hydrogen-bond donors (Lipinski definition) is 4. The molecule has 6 heteroatoms. The van der Waals surface area contributed by atoms with Gasteiger partial charge in [-0.15, -0.1) is 0 Å². The van der Waals surface area contributed by atoms with E-state index >= 15 is 0 Å². The minimum atomic E-state index is -0.375. The first-order valence-electron chi connectivity index (χ1n) is 7.41. The highest BCUT2D eigenvalue weighted by atomic mass is 16.2. The maximum Gasteiger partial charge on any atom is 0.323 e. The van der Waals surface area contributed by atoms with Crippen molar-refractivity contribution in [3.8, 4) is 0 Å². The lowest BCUT2D eigenvalue weighted by Gasteiger charge is -2.13. The van der Waals surface area contributed by atoms with E-state index in [0.717, 1.165) is 0 Å². The molecule has 0 unspecified atom stereocenters. The van der Waals surface area contributed by atoms with Gasteiger partial charge in [-0.1, -0.05) is 30.3 Å². The summed E-state index contributed by atoms with van der Waals surface area (Å²) in [4.78, 5) is 23.8. The van der Waals surface area contributed by atoms with E-state index < -0.39 is 0 Å². The van der Waals surface area contributed by atoms with E-state index in [1.165, 1.54) is 0 Å². The molecule has 0 saturated heterocycles. The summed E-state index contributed by atoms with van der Waals surface area (Å²) in [6, 6.07) is 15.8. The molecular weight excluding hydrogens is 292 g/mol. The Morgan fingerprint density at radius 3 is 2.09 bits per heavy atom. The fourth-order valence-corrected chi connectivity index (χ4v) is 1.98. The predicted molar refractivity (Wildman–Crippen MR) is 92.4 cm³/mol. The predicted octanol–water partition coefficient (Wildman–Crippen LogP) is 3.01. The van der Waals surface area contributed by atoms with Gasteiger partial charge in [0.05, 0.1) is 11.4 Å². The molecule has 0 aliphatic carbocycles. The van der Waals surface area contributed by atoms with Crippen LogP contribution in [-0.4, -0.2) is 18.5 Å². The molecule has 0 bridgehead atoms. The Labute approximate surface area is 135 Å². The number of nitrogens with one attached hydrogen (secondary N) is 3. The van der Waals surface area contributed by atoms with Gasteiger partial charge in [0, 0.05) is 12.1 Å². The van der Waals surface area contributed by atoms with Gasteiger partial charge in [0.2, 0.25) is 5.91 Å². The number of anilines is 3. The third-order valence-electron chi connectivity index (χ3n) is 3.09. The number of urea groups is 1. The second-order valence-electron chi connectivity index (χ2n) is 4.93. The van der Waals surface area contributed by atoms with Crippen molar-refractivity contribution in [2.45, 2.75) is 12.8 Å². The molecular formula is C17H20N4O2. The first kappa shape index (κ1) is 16.5. The number of carbonyl (C=O) groups excluding carboxylic acids is 2. The minimum Gasteiger partial charge on any atom is -0.330 e. The van der Waals surface area contributed by atoms with E-state index in [4.69, 9.17) is 5.73 Å². The van der Waals surface area contributed by atoms with Gasteiger partial charge in [0.1, 0.15) is 0 Å². The lowest BCUT2D eigenvalue weighted by Crippen LogP contribution is -2.21. The third kappa shape index (κ3) is 5.44. The highest BCUT2D eigenvalue weighted by molar-refractivity contribution is 6.03. The fraction of sp³-hybridized carbons (Fsp3) is 0.176. The SMILES string of the molecule is NCCCC(=O)Nc1ccccc1NC(=O)Nc1ccccc1. The second kappa shape index (κ2) is 8.55. The molecule has 6 nitrogen and oxygen atoms in total. The van der Waals surface area contributed by atoms with Crippen LogP contribution in [-0.2, 0) is 4.79 Å². The molecule has 0 heterocycles. The zero-order valence-corrected chi connectivity index (χ0v) is 12.7. The molecule has 0 aliphatic rings. The van der Waals surface area contributed by atoms with E-state index in [1.807, 2.05) is 18.2 Å². The first-order chi connectivity index (χ1) is 11.2. The maximum absolute atomic E-state index is 12.0. The standard InChI is InChI=1S/C17H20N4O2/c18-12-6-11-16(22)20-14-9-4-5-10-15(14)21-17(23)19-13-7-2-1-3-8-13/h1-5,7-10H,6,11-12,18H2,(H,20,22)(H2,19,21,23). The summed E-state index contributed by atoms with van der Waals surface area (Å²) in [5, 5.41) is 8.23. The Kier molecular flexibility index (Phi) is 6.14. The van der Waals surface area contributed by atoms with Crippen LogP contribution in [0.15, 0.2) is 54.6 Å². The van der Waals surface area contributed by atoms with Crippen molar-refractivity contribution in [3.05, 3.63) is 54.6 Å². The third-order valence-corrected chi connectivity index (χ3v) is 3.09. The van der Waals surface area contributed by atoms with Crippen LogP contribution in [0.2, 0.25) is 0 Å². The molecule has 0 radical (unpaired) electrons. The zero-order valence-electron chi connectivity index (χ0n) is 12.7. The Balaban J connectivity index is 1.99. The fourth-order valence-electron chi connectivity index (χ4n) is 1.98. The summed E-state index contributed by atoms with van der Waals surface area (Å²) < 4.78 is 0. The topological polar surface area (TPSA) is 96.2 Å². The van der Waals surface area contributed by atoms with Gasteiger partial charge >= 0.3 is 6.03 Å². The molecule has 0 aromatic heterocycles. The molecule has 0 saturated carbocycles. The molecule has 2 aromatic rings. The summed E-state index contributed by atoms with van der Waals surface area (Å²) >= 11 is 0. The normalized spacial score (nSPS) is 9.96. The van der Waals surface area contributed by atoms with Crippen LogP contribution >= 0.6 is 0 Å². The Hall–Kier alpha value is -2.86. The maximum atomic E-state index is 12.0. The molecule has 5 N–H and O–H groups in total. The van der Waals surface area contributed by atoms with Crippen molar-refractivity contribution in [2.24, 2.45) is 5.73 Å². The Morgan fingerprint density at radius 2 is 1.43 bits per heavy atom. The Morgan fingerprint density at radius 1 is 0.826 bits per heavy atom. The minimum absolute atomic E-state index is 0.131. The summed E-state index contributed by atoms with van der Waals surface area (Å²) in [5.74, 6) is -0.131. The van der Waals surface area contributed by atoms with Crippen LogP contribution in [0.5, 0.6) is 0 Å². The van der Waals surface area contributed by atoms with Crippen molar-refractivity contribution >= 4 is 29.0 Å². The van der Waals surface area contributed by atoms with Gasteiger partial charge in [-0.3, -0.25) is 4.79 Å². The average Bonchev–Trinajstić information content (AvgIpc) is 2.55. The molecule has 2 rings (SSSR count). The van der Waals surface area contributed by atoms with Crippen molar-refractivity contribution in [3.63, 3.8) is 0 Å². The number of carbonyl (C=O) groups is 2. The van der Waals surface area contributed by atoms with E-state index in [-0.39, 0.29) is 11.9 Å². The van der Waals surface area contributed by atoms with E-state index in [0.29, 0.717) is 36.4 Å². The quantitative estimate of drug-likeness (QED) is 0.660. The van der Waals surface area contributed by atoms with Crippen LogP contribution in [0.4, 0.5) is 21.9 Å². The highest BCUT2D eigenvalue weighted by Gasteiger charge is 2.09. The molecule has 0 atom stereocenters. The number of nitrogens with two attached hydrogens (primary N) is 1. The van der Waals surface area contributed by atoms with Gasteiger partial charge in [-0.05, 0) is 37.2 Å². The second-order valence-corrected chi connectivity index (χ2v) is 4.93. The van der Waals surface area contributed by atoms with Gasteiger partial charge in [-0.2, -0.15) is 0 Å². The van der Waals surface area contributed by atoms with Crippen molar-refractivity contribution in [2.75, 3.05) is 22.5 Å². The van der Waals surface area contributed by atoms with Crippen molar-refractivity contribution in [1.29, 1.82) is 0 Å². The van der Waals surface area contributed by atoms with Crippen LogP contribution in [0.25, 0.3) is 0 Å². The molecule has 3 amide bonds. The number of amides is 3. The number of para-hydroxylation sites is 3. The number of benzene rings is 2. The van der Waals surface area contributed by atoms with Crippen LogP contribution in [0.1, 0.15) is 12.8 Å². The average molecular weight is 312 g/mol. The van der Waals surface area contributed by atoms with Gasteiger partial charge in [0.15, 0.2) is 0 Å². The summed E-state index contributed by atoms with van der Waals surface area (Å²) in [5.41, 5.74) is 7.17. The van der Waals surface area contributed by atoms with Crippen LogP contribution < -0.4 is 21.7 Å². The zero-order chi connectivity index (χ0) is 16.5. The molecule has 0 aliphatic heterocycles. The van der Waals surface area contributed by atoms with Crippen molar-refractivity contribution < 1.29 is 9.59 Å². The van der Waals surface area contributed by atoms with Crippen LogP contribution in [0.3, 0.4) is 0 Å². The van der Waals surface area contributed by atoms with E-state index in [9.17, 15) is 9.59 Å². The molecule has 2 aromatic carbocycles. The molecule has 120 valence electrons. The number of rotatable bonds is 6. The molecule has 0 fully saturated rings. The summed E-state index contributed by atoms with van der Waals surface area (Å²) in [6.07, 6.45) is 0.969. The van der Waals surface area contributed by atoms with E-state index in [2.05, 4.69) is 16.0 Å². The van der Waals surface area contributed by atoms with Gasteiger partial charge in [0.25, 0.3) is 0 Å². The molecule has 23 heavy (non-hydrogen) atoms.